The summed E-state index contributed by atoms with van der Waals surface area (Å²) in [6.45, 7) is 1.02. The molecule has 2 rings (SSSR count). The lowest BCUT2D eigenvalue weighted by Crippen LogP contribution is -2.29. The summed E-state index contributed by atoms with van der Waals surface area (Å²) in [6.07, 6.45) is 0.731. The molecule has 1 unspecified atom stereocenters. The molecular weight excluding hydrogens is 272 g/mol. The maximum Gasteiger partial charge on any atom is 0.288 e. The second kappa shape index (κ2) is 5.54. The van der Waals surface area contributed by atoms with Crippen LogP contribution in [0.15, 0.2) is 18.2 Å². The van der Waals surface area contributed by atoms with Crippen LogP contribution in [0.2, 0.25) is 5.02 Å². The highest BCUT2D eigenvalue weighted by molar-refractivity contribution is 6.35. The molecule has 7 heteroatoms. The number of hydrogen-bond acceptors (Lipinski definition) is 4. The lowest BCUT2D eigenvalue weighted by molar-refractivity contribution is -0.384. The predicted molar refractivity (Wildman–Crippen MR) is 69.2 cm³/mol. The van der Waals surface area contributed by atoms with E-state index in [2.05, 4.69) is 0 Å². The fraction of sp³-hybridized carbons (Fsp3) is 0.417. The summed E-state index contributed by atoms with van der Waals surface area (Å²) in [5, 5.41) is 19.7. The number of aliphatic hydroxyl groups excluding tert-OH is 1. The summed E-state index contributed by atoms with van der Waals surface area (Å²) < 4.78 is 0. The molecule has 0 bridgehead atoms. The van der Waals surface area contributed by atoms with Gasteiger partial charge in [0.05, 0.1) is 10.5 Å². The first-order valence-corrected chi connectivity index (χ1v) is 6.25. The fourth-order valence-corrected chi connectivity index (χ4v) is 2.44. The number of aliphatic hydroxyl groups is 1. The number of hydrogen-bond donors (Lipinski definition) is 1. The lowest BCUT2D eigenvalue weighted by Gasteiger charge is -2.16. The molecule has 1 fully saturated rings. The van der Waals surface area contributed by atoms with Crippen LogP contribution in [-0.4, -0.2) is 40.5 Å². The van der Waals surface area contributed by atoms with Gasteiger partial charge in [0.15, 0.2) is 0 Å². The average Bonchev–Trinajstić information content (AvgIpc) is 2.86. The minimum absolute atomic E-state index is 0.0342. The molecule has 1 amide bonds. The Kier molecular flexibility index (Phi) is 4.01. The highest BCUT2D eigenvalue weighted by atomic mass is 35.5. The smallest absolute Gasteiger partial charge is 0.288 e. The molecule has 1 atom stereocenters. The fourth-order valence-electron chi connectivity index (χ4n) is 2.16. The molecule has 1 aliphatic heterocycles. The number of rotatable bonds is 3. The van der Waals surface area contributed by atoms with Gasteiger partial charge in [0.2, 0.25) is 0 Å². The topological polar surface area (TPSA) is 83.7 Å². The largest absolute Gasteiger partial charge is 0.396 e. The number of likely N-dealkylation sites (tertiary alicyclic amines) is 1. The normalized spacial score (nSPS) is 18.6. The zero-order valence-electron chi connectivity index (χ0n) is 10.1. The Morgan fingerprint density at radius 1 is 1.58 bits per heavy atom. The van der Waals surface area contributed by atoms with E-state index in [1.165, 1.54) is 18.2 Å². The Bertz CT molecular complexity index is 520. The van der Waals surface area contributed by atoms with Crippen molar-refractivity contribution >= 4 is 23.2 Å². The van der Waals surface area contributed by atoms with E-state index in [-0.39, 0.29) is 34.7 Å². The van der Waals surface area contributed by atoms with Gasteiger partial charge in [-0.2, -0.15) is 0 Å². The van der Waals surface area contributed by atoms with Gasteiger partial charge < -0.3 is 10.0 Å². The van der Waals surface area contributed by atoms with Crippen LogP contribution in [-0.2, 0) is 0 Å². The molecule has 1 aromatic carbocycles. The van der Waals surface area contributed by atoms with E-state index in [0.717, 1.165) is 6.42 Å². The van der Waals surface area contributed by atoms with Crippen molar-refractivity contribution in [2.75, 3.05) is 19.7 Å². The van der Waals surface area contributed by atoms with E-state index in [9.17, 15) is 14.9 Å². The molecule has 19 heavy (non-hydrogen) atoms. The molecule has 0 radical (unpaired) electrons. The van der Waals surface area contributed by atoms with Gasteiger partial charge in [0, 0.05) is 31.7 Å². The van der Waals surface area contributed by atoms with E-state index in [1.807, 2.05) is 0 Å². The Hall–Kier alpha value is -1.66. The van der Waals surface area contributed by atoms with Crippen LogP contribution in [0, 0.1) is 16.0 Å². The second-order valence-electron chi connectivity index (χ2n) is 4.48. The molecule has 1 heterocycles. The number of carbonyl (C=O) groups is 1. The highest BCUT2D eigenvalue weighted by Gasteiger charge is 2.29. The van der Waals surface area contributed by atoms with Crippen LogP contribution in [0.3, 0.4) is 0 Å². The highest BCUT2D eigenvalue weighted by Crippen LogP contribution is 2.29. The van der Waals surface area contributed by atoms with E-state index in [1.54, 1.807) is 4.90 Å². The molecule has 0 spiro atoms. The zero-order valence-corrected chi connectivity index (χ0v) is 10.8. The molecular formula is C12H13ClN2O4. The maximum atomic E-state index is 12.2. The summed E-state index contributed by atoms with van der Waals surface area (Å²) in [6, 6.07) is 4.18. The van der Waals surface area contributed by atoms with E-state index >= 15 is 0 Å². The third kappa shape index (κ3) is 2.69. The number of amides is 1. The van der Waals surface area contributed by atoms with E-state index < -0.39 is 4.92 Å². The minimum Gasteiger partial charge on any atom is -0.396 e. The molecule has 0 aromatic heterocycles. The van der Waals surface area contributed by atoms with Crippen molar-refractivity contribution in [1.82, 2.24) is 4.90 Å². The number of nitrogens with zero attached hydrogens (tertiary/aromatic N) is 2. The standard InChI is InChI=1S/C12H13ClN2O4/c13-11-9(2-1-3-10(11)15(18)19)12(17)14-5-4-8(6-14)7-16/h1-3,8,16H,4-7H2. The molecule has 0 aliphatic carbocycles. The molecule has 1 N–H and O–H groups in total. The van der Waals surface area contributed by atoms with Gasteiger partial charge in [-0.3, -0.25) is 14.9 Å². The number of carbonyl (C=O) groups excluding carboxylic acids is 1. The van der Waals surface area contributed by atoms with Crippen LogP contribution in [0.5, 0.6) is 0 Å². The van der Waals surface area contributed by atoms with E-state index in [4.69, 9.17) is 16.7 Å². The summed E-state index contributed by atoms with van der Waals surface area (Å²) >= 11 is 5.91. The number of benzene rings is 1. The van der Waals surface area contributed by atoms with Crippen molar-refractivity contribution in [2.24, 2.45) is 5.92 Å². The number of nitro groups is 1. The van der Waals surface area contributed by atoms with Crippen molar-refractivity contribution in [3.8, 4) is 0 Å². The zero-order chi connectivity index (χ0) is 14.0. The molecule has 102 valence electrons. The van der Waals surface area contributed by atoms with Crippen molar-refractivity contribution in [2.45, 2.75) is 6.42 Å². The summed E-state index contributed by atoms with van der Waals surface area (Å²) in [5.74, 6) is -0.258. The van der Waals surface area contributed by atoms with Crippen molar-refractivity contribution in [3.63, 3.8) is 0 Å². The predicted octanol–water partition coefficient (Wildman–Crippen LogP) is 1.70. The van der Waals surface area contributed by atoms with Gasteiger partial charge in [-0.15, -0.1) is 0 Å². The van der Waals surface area contributed by atoms with Crippen molar-refractivity contribution < 1.29 is 14.8 Å². The SMILES string of the molecule is O=C(c1cccc([N+](=O)[O-])c1Cl)N1CCC(CO)C1. The first-order chi connectivity index (χ1) is 9.04. The Morgan fingerprint density at radius 2 is 2.32 bits per heavy atom. The summed E-state index contributed by atoms with van der Waals surface area (Å²) in [5.41, 5.74) is -0.139. The Morgan fingerprint density at radius 3 is 2.89 bits per heavy atom. The van der Waals surface area contributed by atoms with Gasteiger partial charge in [0.1, 0.15) is 5.02 Å². The lowest BCUT2D eigenvalue weighted by atomic mass is 10.1. The van der Waals surface area contributed by atoms with Gasteiger partial charge in [-0.25, -0.2) is 0 Å². The van der Waals surface area contributed by atoms with Crippen LogP contribution in [0.1, 0.15) is 16.8 Å². The van der Waals surface area contributed by atoms with Gasteiger partial charge in [0.25, 0.3) is 11.6 Å². The first kappa shape index (κ1) is 13.8. The van der Waals surface area contributed by atoms with Gasteiger partial charge in [-0.05, 0) is 12.5 Å². The average molecular weight is 285 g/mol. The first-order valence-electron chi connectivity index (χ1n) is 5.87. The maximum absolute atomic E-state index is 12.2. The molecule has 1 aliphatic rings. The van der Waals surface area contributed by atoms with Gasteiger partial charge >= 0.3 is 0 Å². The summed E-state index contributed by atoms with van der Waals surface area (Å²) in [7, 11) is 0. The molecule has 6 nitrogen and oxygen atoms in total. The molecule has 1 aromatic rings. The third-order valence-corrected chi connectivity index (χ3v) is 3.63. The van der Waals surface area contributed by atoms with Gasteiger partial charge in [-0.1, -0.05) is 17.7 Å². The van der Waals surface area contributed by atoms with Crippen LogP contribution < -0.4 is 0 Å². The van der Waals surface area contributed by atoms with Crippen molar-refractivity contribution in [1.29, 1.82) is 0 Å². The number of halogens is 1. The second-order valence-corrected chi connectivity index (χ2v) is 4.86. The van der Waals surface area contributed by atoms with Crippen LogP contribution in [0.4, 0.5) is 5.69 Å². The molecule has 0 saturated carbocycles. The third-order valence-electron chi connectivity index (χ3n) is 3.24. The quantitative estimate of drug-likeness (QED) is 0.676. The minimum atomic E-state index is -0.611. The monoisotopic (exact) mass is 284 g/mol. The van der Waals surface area contributed by atoms with Crippen molar-refractivity contribution in [3.05, 3.63) is 38.9 Å². The van der Waals surface area contributed by atoms with E-state index in [0.29, 0.717) is 13.1 Å². The van der Waals surface area contributed by atoms with Crippen LogP contribution >= 0.6 is 11.6 Å². The summed E-state index contributed by atoms with van der Waals surface area (Å²) in [4.78, 5) is 24.0. The Balaban J connectivity index is 2.25. The van der Waals surface area contributed by atoms with Crippen LogP contribution in [0.25, 0.3) is 0 Å². The number of nitro benzene ring substituents is 1. The molecule has 1 saturated heterocycles. The Labute approximate surface area is 114 Å².